The summed E-state index contributed by atoms with van der Waals surface area (Å²) in [6.07, 6.45) is 0. The molecule has 0 fully saturated rings. The number of para-hydroxylation sites is 1. The Labute approximate surface area is 154 Å². The van der Waals surface area contributed by atoms with Crippen molar-refractivity contribution in [2.24, 2.45) is 0 Å². The van der Waals surface area contributed by atoms with Gasteiger partial charge in [0.1, 0.15) is 10.6 Å². The normalized spacial score (nSPS) is 10.4. The van der Waals surface area contributed by atoms with Crippen LogP contribution in [0.3, 0.4) is 0 Å². The molecule has 0 aliphatic carbocycles. The molecule has 7 heteroatoms. The molecule has 0 spiro atoms. The molecule has 2 N–H and O–H groups in total. The van der Waals surface area contributed by atoms with Crippen LogP contribution >= 0.6 is 22.9 Å². The second-order valence-corrected chi connectivity index (χ2v) is 6.66. The summed E-state index contributed by atoms with van der Waals surface area (Å²) in [6, 6.07) is 14.7. The van der Waals surface area contributed by atoms with E-state index in [1.54, 1.807) is 32.2 Å². The van der Waals surface area contributed by atoms with Crippen molar-refractivity contribution in [2.75, 3.05) is 17.7 Å². The zero-order valence-corrected chi connectivity index (χ0v) is 15.2. The minimum Gasteiger partial charge on any atom is -0.495 e. The van der Waals surface area contributed by atoms with E-state index in [1.165, 1.54) is 11.3 Å². The third kappa shape index (κ3) is 4.10. The van der Waals surface area contributed by atoms with Crippen molar-refractivity contribution >= 4 is 45.4 Å². The van der Waals surface area contributed by atoms with Crippen molar-refractivity contribution in [3.8, 4) is 5.75 Å². The average molecular weight is 374 g/mol. The van der Waals surface area contributed by atoms with Crippen LogP contribution in [0.25, 0.3) is 0 Å². The molecule has 25 heavy (non-hydrogen) atoms. The second kappa shape index (κ2) is 7.55. The number of methoxy groups -OCH3 is 1. The maximum absolute atomic E-state index is 12.6. The minimum atomic E-state index is -0.253. The molecule has 0 radical (unpaired) electrons. The molecule has 0 unspecified atom stereocenters. The summed E-state index contributed by atoms with van der Waals surface area (Å²) < 4.78 is 5.25. The van der Waals surface area contributed by atoms with Gasteiger partial charge in [0.05, 0.1) is 18.5 Å². The summed E-state index contributed by atoms with van der Waals surface area (Å²) in [4.78, 5) is 17.6. The number of ether oxygens (including phenoxy) is 1. The number of aryl methyl sites for hydroxylation is 1. The topological polar surface area (TPSA) is 63.2 Å². The van der Waals surface area contributed by atoms with Gasteiger partial charge in [-0.1, -0.05) is 41.1 Å². The molecule has 1 heterocycles. The Bertz CT molecular complexity index is 897. The zero-order valence-electron chi connectivity index (χ0n) is 13.7. The molecule has 3 rings (SSSR count). The Morgan fingerprint density at radius 3 is 2.68 bits per heavy atom. The van der Waals surface area contributed by atoms with Crippen LogP contribution in [-0.4, -0.2) is 18.0 Å². The van der Waals surface area contributed by atoms with Crippen LogP contribution in [0.15, 0.2) is 48.5 Å². The van der Waals surface area contributed by atoms with Gasteiger partial charge in [-0.25, -0.2) is 4.98 Å². The van der Waals surface area contributed by atoms with Crippen LogP contribution in [-0.2, 0) is 0 Å². The molecule has 1 amide bonds. The average Bonchev–Trinajstić information content (AvgIpc) is 2.96. The van der Waals surface area contributed by atoms with Gasteiger partial charge < -0.3 is 15.4 Å². The zero-order chi connectivity index (χ0) is 17.8. The first kappa shape index (κ1) is 17.3. The molecular weight excluding hydrogens is 358 g/mol. The molecule has 0 atom stereocenters. The summed E-state index contributed by atoms with van der Waals surface area (Å²) >= 11 is 7.29. The van der Waals surface area contributed by atoms with Gasteiger partial charge >= 0.3 is 0 Å². The maximum atomic E-state index is 12.6. The minimum absolute atomic E-state index is 0.253. The number of amides is 1. The van der Waals surface area contributed by atoms with Crippen molar-refractivity contribution in [3.05, 3.63) is 64.1 Å². The highest BCUT2D eigenvalue weighted by molar-refractivity contribution is 7.17. The predicted molar refractivity (Wildman–Crippen MR) is 103 cm³/mol. The molecule has 0 bridgehead atoms. The Morgan fingerprint density at radius 1 is 1.20 bits per heavy atom. The first-order valence-electron chi connectivity index (χ1n) is 7.51. The summed E-state index contributed by atoms with van der Waals surface area (Å²) in [6.45, 7) is 1.80. The fourth-order valence-corrected chi connectivity index (χ4v) is 3.32. The number of carbonyl (C=O) groups excluding carboxylic acids is 1. The van der Waals surface area contributed by atoms with E-state index >= 15 is 0 Å². The van der Waals surface area contributed by atoms with Gasteiger partial charge in [0.15, 0.2) is 5.13 Å². The highest BCUT2D eigenvalue weighted by Crippen LogP contribution is 2.30. The standard InChI is InChI=1S/C18H16ClN3O2S/c1-11-16(25-18(20-11)21-13-6-4-3-5-7-13)17(23)22-14-10-12(19)8-9-15(14)24-2/h3-10H,1-2H3,(H,20,21)(H,22,23). The number of benzene rings is 2. The van der Waals surface area contributed by atoms with Gasteiger partial charge in [-0.15, -0.1) is 0 Å². The molecular formula is C18H16ClN3O2S. The molecule has 0 aliphatic rings. The Kier molecular flexibility index (Phi) is 5.21. The van der Waals surface area contributed by atoms with E-state index in [9.17, 15) is 4.79 Å². The van der Waals surface area contributed by atoms with Crippen molar-refractivity contribution in [1.82, 2.24) is 4.98 Å². The van der Waals surface area contributed by atoms with E-state index in [1.807, 2.05) is 30.3 Å². The molecule has 1 aromatic heterocycles. The number of carbonyl (C=O) groups is 1. The first-order valence-corrected chi connectivity index (χ1v) is 8.70. The number of thiazole rings is 1. The van der Waals surface area contributed by atoms with Crippen molar-refractivity contribution < 1.29 is 9.53 Å². The summed E-state index contributed by atoms with van der Waals surface area (Å²) in [5, 5.41) is 7.20. The Balaban J connectivity index is 1.80. The molecule has 0 saturated carbocycles. The highest BCUT2D eigenvalue weighted by Gasteiger charge is 2.17. The monoisotopic (exact) mass is 373 g/mol. The molecule has 128 valence electrons. The third-order valence-electron chi connectivity index (χ3n) is 3.44. The number of nitrogens with zero attached hydrogens (tertiary/aromatic N) is 1. The van der Waals surface area contributed by atoms with Gasteiger partial charge in [0.25, 0.3) is 5.91 Å². The van der Waals surface area contributed by atoms with E-state index in [4.69, 9.17) is 16.3 Å². The largest absolute Gasteiger partial charge is 0.495 e. The van der Waals surface area contributed by atoms with Crippen molar-refractivity contribution in [2.45, 2.75) is 6.92 Å². The van der Waals surface area contributed by atoms with Gasteiger partial charge in [-0.2, -0.15) is 0 Å². The molecule has 3 aromatic rings. The lowest BCUT2D eigenvalue weighted by atomic mass is 10.2. The van der Waals surface area contributed by atoms with E-state index in [-0.39, 0.29) is 5.91 Å². The quantitative estimate of drug-likeness (QED) is 0.652. The van der Waals surface area contributed by atoms with Crippen LogP contribution in [0.2, 0.25) is 5.02 Å². The number of aromatic nitrogens is 1. The van der Waals surface area contributed by atoms with Crippen molar-refractivity contribution in [3.63, 3.8) is 0 Å². The van der Waals surface area contributed by atoms with Gasteiger partial charge in [-0.3, -0.25) is 4.79 Å². The lowest BCUT2D eigenvalue weighted by molar-refractivity contribution is 0.102. The lowest BCUT2D eigenvalue weighted by Gasteiger charge is -2.09. The van der Waals surface area contributed by atoms with E-state index in [0.29, 0.717) is 32.2 Å². The van der Waals surface area contributed by atoms with Crippen molar-refractivity contribution in [1.29, 1.82) is 0 Å². The molecule has 2 aromatic carbocycles. The Hall–Kier alpha value is -2.57. The predicted octanol–water partition coefficient (Wildman–Crippen LogP) is 5.11. The third-order valence-corrected chi connectivity index (χ3v) is 4.74. The number of anilines is 3. The number of halogens is 1. The van der Waals surface area contributed by atoms with Crippen LogP contribution in [0.1, 0.15) is 15.4 Å². The first-order chi connectivity index (χ1) is 12.1. The van der Waals surface area contributed by atoms with Crippen LogP contribution in [0.5, 0.6) is 5.75 Å². The summed E-state index contributed by atoms with van der Waals surface area (Å²) in [5.41, 5.74) is 2.09. The summed E-state index contributed by atoms with van der Waals surface area (Å²) in [5.74, 6) is 0.291. The fourth-order valence-electron chi connectivity index (χ4n) is 2.26. The lowest BCUT2D eigenvalue weighted by Crippen LogP contribution is -2.12. The van der Waals surface area contributed by atoms with Gasteiger partial charge in [-0.05, 0) is 37.3 Å². The second-order valence-electron chi connectivity index (χ2n) is 5.22. The number of nitrogens with one attached hydrogen (secondary N) is 2. The molecule has 0 aliphatic heterocycles. The van der Waals surface area contributed by atoms with E-state index in [2.05, 4.69) is 15.6 Å². The van der Waals surface area contributed by atoms with E-state index in [0.717, 1.165) is 5.69 Å². The van der Waals surface area contributed by atoms with Gasteiger partial charge in [0, 0.05) is 10.7 Å². The smallest absolute Gasteiger partial charge is 0.267 e. The fraction of sp³-hybridized carbons (Fsp3) is 0.111. The SMILES string of the molecule is COc1ccc(Cl)cc1NC(=O)c1sc(Nc2ccccc2)nc1C. The maximum Gasteiger partial charge on any atom is 0.267 e. The highest BCUT2D eigenvalue weighted by atomic mass is 35.5. The van der Waals surface area contributed by atoms with E-state index < -0.39 is 0 Å². The number of rotatable bonds is 5. The number of hydrogen-bond acceptors (Lipinski definition) is 5. The van der Waals surface area contributed by atoms with Gasteiger partial charge in [0.2, 0.25) is 0 Å². The molecule has 0 saturated heterocycles. The number of hydrogen-bond donors (Lipinski definition) is 2. The van der Waals surface area contributed by atoms with Crippen LogP contribution < -0.4 is 15.4 Å². The molecule has 5 nitrogen and oxygen atoms in total. The van der Waals surface area contributed by atoms with Crippen LogP contribution in [0, 0.1) is 6.92 Å². The summed E-state index contributed by atoms with van der Waals surface area (Å²) in [7, 11) is 1.54. The van der Waals surface area contributed by atoms with Crippen LogP contribution in [0.4, 0.5) is 16.5 Å². The Morgan fingerprint density at radius 2 is 1.96 bits per heavy atom.